The van der Waals surface area contributed by atoms with Gasteiger partial charge in [-0.3, -0.25) is 4.79 Å². The van der Waals surface area contributed by atoms with Crippen LogP contribution in [0.25, 0.3) is 5.76 Å². The van der Waals surface area contributed by atoms with Crippen molar-refractivity contribution in [1.82, 2.24) is 0 Å². The molecule has 0 fully saturated rings. The van der Waals surface area contributed by atoms with E-state index in [2.05, 4.69) is 0 Å². The van der Waals surface area contributed by atoms with Crippen molar-refractivity contribution in [2.45, 2.75) is 19.8 Å². The van der Waals surface area contributed by atoms with Gasteiger partial charge in [0.25, 0.3) is 0 Å². The Kier molecular flexibility index (Phi) is 3.57. The molecule has 0 bridgehead atoms. The number of hydrogen-bond acceptors (Lipinski definition) is 5. The SMILES string of the molecule is CCOC(=O)C1=C(O)c2c(C)cccc2C(C#N)C1=O. The van der Waals surface area contributed by atoms with E-state index in [1.54, 1.807) is 32.0 Å². The molecule has 1 aliphatic carbocycles. The molecule has 5 nitrogen and oxygen atoms in total. The minimum Gasteiger partial charge on any atom is -0.506 e. The fraction of sp³-hybridized carbons (Fsp3) is 0.267. The lowest BCUT2D eigenvalue weighted by molar-refractivity contribution is -0.140. The summed E-state index contributed by atoms with van der Waals surface area (Å²) in [7, 11) is 0. The molecule has 1 aromatic carbocycles. The van der Waals surface area contributed by atoms with E-state index in [9.17, 15) is 20.0 Å². The zero-order valence-corrected chi connectivity index (χ0v) is 11.1. The zero-order valence-electron chi connectivity index (χ0n) is 11.1. The Balaban J connectivity index is 2.72. The quantitative estimate of drug-likeness (QED) is 0.656. The van der Waals surface area contributed by atoms with Crippen LogP contribution in [-0.4, -0.2) is 23.5 Å². The van der Waals surface area contributed by atoms with E-state index in [-0.39, 0.29) is 6.61 Å². The van der Waals surface area contributed by atoms with E-state index in [1.807, 2.05) is 6.07 Å². The number of ketones is 1. The summed E-state index contributed by atoms with van der Waals surface area (Å²) in [6, 6.07) is 6.93. The number of nitrogens with zero attached hydrogens (tertiary/aromatic N) is 1. The molecule has 1 aromatic rings. The second-order valence-electron chi connectivity index (χ2n) is 4.41. The highest BCUT2D eigenvalue weighted by atomic mass is 16.5. The van der Waals surface area contributed by atoms with Gasteiger partial charge in [-0.05, 0) is 25.0 Å². The van der Waals surface area contributed by atoms with Gasteiger partial charge in [-0.2, -0.15) is 5.26 Å². The van der Waals surface area contributed by atoms with Gasteiger partial charge in [0.05, 0.1) is 12.7 Å². The highest BCUT2D eigenvalue weighted by molar-refractivity contribution is 6.26. The molecule has 1 atom stereocenters. The monoisotopic (exact) mass is 271 g/mol. The van der Waals surface area contributed by atoms with Crippen molar-refractivity contribution in [2.75, 3.05) is 6.61 Å². The molecule has 1 N–H and O–H groups in total. The maximum atomic E-state index is 12.2. The molecular formula is C15H13NO4. The number of aryl methyl sites for hydroxylation is 1. The van der Waals surface area contributed by atoms with Crippen molar-refractivity contribution in [1.29, 1.82) is 5.26 Å². The number of fused-ring (bicyclic) bond motifs is 1. The second-order valence-corrected chi connectivity index (χ2v) is 4.41. The molecule has 0 amide bonds. The van der Waals surface area contributed by atoms with Crippen LogP contribution in [0.1, 0.15) is 29.5 Å². The summed E-state index contributed by atoms with van der Waals surface area (Å²) in [6.07, 6.45) is 0. The highest BCUT2D eigenvalue weighted by Crippen LogP contribution is 2.37. The third-order valence-corrected chi connectivity index (χ3v) is 3.21. The lowest BCUT2D eigenvalue weighted by atomic mass is 9.80. The summed E-state index contributed by atoms with van der Waals surface area (Å²) in [5, 5.41) is 19.4. The van der Waals surface area contributed by atoms with Crippen molar-refractivity contribution in [3.63, 3.8) is 0 Å². The third kappa shape index (κ3) is 1.95. The molecule has 0 radical (unpaired) electrons. The number of ether oxygens (including phenoxy) is 1. The van der Waals surface area contributed by atoms with Crippen molar-refractivity contribution < 1.29 is 19.4 Å². The molecule has 0 aromatic heterocycles. The van der Waals surface area contributed by atoms with Gasteiger partial charge in [-0.15, -0.1) is 0 Å². The van der Waals surface area contributed by atoms with Crippen LogP contribution in [0.2, 0.25) is 0 Å². The summed E-state index contributed by atoms with van der Waals surface area (Å²) in [6.45, 7) is 3.42. The molecular weight excluding hydrogens is 258 g/mol. The van der Waals surface area contributed by atoms with Gasteiger partial charge in [-0.1, -0.05) is 18.2 Å². The Hall–Kier alpha value is -2.61. The fourth-order valence-electron chi connectivity index (χ4n) is 2.31. The summed E-state index contributed by atoms with van der Waals surface area (Å²) in [4.78, 5) is 24.0. The summed E-state index contributed by atoms with van der Waals surface area (Å²) < 4.78 is 4.78. The molecule has 0 aliphatic heterocycles. The molecule has 102 valence electrons. The molecule has 2 rings (SSSR count). The van der Waals surface area contributed by atoms with E-state index < -0.39 is 29.0 Å². The van der Waals surface area contributed by atoms with Crippen LogP contribution in [0.3, 0.4) is 0 Å². The van der Waals surface area contributed by atoms with Crippen molar-refractivity contribution in [3.05, 3.63) is 40.5 Å². The van der Waals surface area contributed by atoms with E-state index in [0.29, 0.717) is 16.7 Å². The number of hydrogen-bond donors (Lipinski definition) is 1. The number of nitriles is 1. The van der Waals surface area contributed by atoms with Gasteiger partial charge < -0.3 is 9.84 Å². The van der Waals surface area contributed by atoms with Crippen molar-refractivity contribution in [2.24, 2.45) is 0 Å². The van der Waals surface area contributed by atoms with Crippen LogP contribution >= 0.6 is 0 Å². The van der Waals surface area contributed by atoms with Gasteiger partial charge in [-0.25, -0.2) is 4.79 Å². The Morgan fingerprint density at radius 2 is 2.20 bits per heavy atom. The Labute approximate surface area is 116 Å². The van der Waals surface area contributed by atoms with Gasteiger partial charge in [0.2, 0.25) is 0 Å². The number of carbonyl (C=O) groups excluding carboxylic acids is 2. The minimum absolute atomic E-state index is 0.0841. The number of aliphatic hydroxyl groups excluding tert-OH is 1. The summed E-state index contributed by atoms with van der Waals surface area (Å²) in [5.41, 5.74) is 1.03. The standard InChI is InChI=1S/C15H13NO4/c1-3-20-15(19)12-13(17)10(7-16)9-6-4-5-8(2)11(9)14(12)18/h4-6,10,18H,3H2,1-2H3. The Morgan fingerprint density at radius 3 is 2.80 bits per heavy atom. The molecule has 0 saturated heterocycles. The molecule has 0 saturated carbocycles. The normalized spacial score (nSPS) is 17.4. The number of Topliss-reactive ketones (excluding diaryl/α,β-unsaturated/α-hetero) is 1. The summed E-state index contributed by atoms with van der Waals surface area (Å²) in [5.74, 6) is -3.13. The van der Waals surface area contributed by atoms with Crippen LogP contribution in [-0.2, 0) is 14.3 Å². The fourth-order valence-corrected chi connectivity index (χ4v) is 2.31. The van der Waals surface area contributed by atoms with Crippen LogP contribution < -0.4 is 0 Å². The number of carbonyl (C=O) groups is 2. The topological polar surface area (TPSA) is 87.4 Å². The van der Waals surface area contributed by atoms with E-state index in [0.717, 1.165) is 0 Å². The first-order valence-corrected chi connectivity index (χ1v) is 6.17. The van der Waals surface area contributed by atoms with Gasteiger partial charge in [0.1, 0.15) is 17.3 Å². The lowest BCUT2D eigenvalue weighted by Crippen LogP contribution is -2.27. The van der Waals surface area contributed by atoms with Crippen LogP contribution in [0.15, 0.2) is 23.8 Å². The first kappa shape index (κ1) is 13.8. The first-order chi connectivity index (χ1) is 9.52. The van der Waals surface area contributed by atoms with Crippen LogP contribution in [0, 0.1) is 18.3 Å². The lowest BCUT2D eigenvalue weighted by Gasteiger charge is -2.22. The number of aliphatic hydroxyl groups is 1. The predicted molar refractivity (Wildman–Crippen MR) is 70.7 cm³/mol. The molecule has 1 aliphatic rings. The second kappa shape index (κ2) is 5.17. The molecule has 1 unspecified atom stereocenters. The number of benzene rings is 1. The van der Waals surface area contributed by atoms with Gasteiger partial charge in [0, 0.05) is 5.56 Å². The van der Waals surface area contributed by atoms with Crippen molar-refractivity contribution in [3.8, 4) is 6.07 Å². The predicted octanol–water partition coefficient (Wildman–Crippen LogP) is 2.02. The largest absolute Gasteiger partial charge is 0.506 e. The Morgan fingerprint density at radius 1 is 1.50 bits per heavy atom. The molecule has 0 spiro atoms. The van der Waals surface area contributed by atoms with Crippen molar-refractivity contribution >= 4 is 17.5 Å². The minimum atomic E-state index is -1.10. The maximum Gasteiger partial charge on any atom is 0.345 e. The maximum absolute atomic E-state index is 12.2. The first-order valence-electron chi connectivity index (χ1n) is 6.17. The third-order valence-electron chi connectivity index (χ3n) is 3.21. The number of rotatable bonds is 2. The average Bonchev–Trinajstić information content (AvgIpc) is 2.39. The Bertz CT molecular complexity index is 667. The molecule has 0 heterocycles. The number of esters is 1. The van der Waals surface area contributed by atoms with E-state index >= 15 is 0 Å². The summed E-state index contributed by atoms with van der Waals surface area (Å²) >= 11 is 0. The molecule has 5 heteroatoms. The smallest absolute Gasteiger partial charge is 0.345 e. The van der Waals surface area contributed by atoms with Gasteiger partial charge in [0.15, 0.2) is 5.78 Å². The molecule has 20 heavy (non-hydrogen) atoms. The van der Waals surface area contributed by atoms with E-state index in [1.165, 1.54) is 0 Å². The van der Waals surface area contributed by atoms with Crippen LogP contribution in [0.4, 0.5) is 0 Å². The zero-order chi connectivity index (χ0) is 14.9. The van der Waals surface area contributed by atoms with Gasteiger partial charge >= 0.3 is 5.97 Å². The average molecular weight is 271 g/mol. The van der Waals surface area contributed by atoms with E-state index in [4.69, 9.17) is 4.74 Å². The van der Waals surface area contributed by atoms with Crippen LogP contribution in [0.5, 0.6) is 0 Å². The highest BCUT2D eigenvalue weighted by Gasteiger charge is 2.39.